The third kappa shape index (κ3) is 4.54. The maximum Gasteiger partial charge on any atom is 0.306 e. The fourth-order valence-electron chi connectivity index (χ4n) is 2.35. The number of carboxylic acids is 1. The van der Waals surface area contributed by atoms with Gasteiger partial charge in [-0.15, -0.1) is 0 Å². The van der Waals surface area contributed by atoms with E-state index >= 15 is 0 Å². The lowest BCUT2D eigenvalue weighted by Crippen LogP contribution is -2.46. The first kappa shape index (κ1) is 15.5. The minimum atomic E-state index is -0.800. The summed E-state index contributed by atoms with van der Waals surface area (Å²) in [6.45, 7) is 4.32. The molecule has 0 aliphatic carbocycles. The van der Waals surface area contributed by atoms with Crippen LogP contribution in [-0.2, 0) is 19.1 Å². The first-order chi connectivity index (χ1) is 8.95. The zero-order valence-electron chi connectivity index (χ0n) is 11.4. The highest BCUT2D eigenvalue weighted by Crippen LogP contribution is 2.23. The molecule has 1 heterocycles. The van der Waals surface area contributed by atoms with Gasteiger partial charge in [-0.1, -0.05) is 0 Å². The lowest BCUT2D eigenvalue weighted by Gasteiger charge is -2.36. The van der Waals surface area contributed by atoms with Gasteiger partial charge >= 0.3 is 11.9 Å². The smallest absolute Gasteiger partial charge is 0.306 e. The van der Waals surface area contributed by atoms with Crippen molar-refractivity contribution < 1.29 is 24.2 Å². The van der Waals surface area contributed by atoms with Crippen LogP contribution in [0.2, 0.25) is 0 Å². The number of hydrogen-bond donors (Lipinski definition) is 1. The van der Waals surface area contributed by atoms with Crippen molar-refractivity contribution in [3.05, 3.63) is 0 Å². The molecule has 1 rings (SSSR count). The van der Waals surface area contributed by atoms with Gasteiger partial charge in [-0.25, -0.2) is 0 Å². The number of carbonyl (C=O) groups is 3. The Morgan fingerprint density at radius 3 is 2.53 bits per heavy atom. The predicted octanol–water partition coefficient (Wildman–Crippen LogP) is 1.04. The highest BCUT2D eigenvalue weighted by molar-refractivity contribution is 5.82. The molecular formula is C13H21NO5. The molecule has 2 unspecified atom stereocenters. The number of ether oxygens (including phenoxy) is 1. The van der Waals surface area contributed by atoms with E-state index in [0.717, 1.165) is 0 Å². The van der Waals surface area contributed by atoms with E-state index in [1.54, 1.807) is 11.8 Å². The third-order valence-corrected chi connectivity index (χ3v) is 3.39. The first-order valence-electron chi connectivity index (χ1n) is 6.63. The SMILES string of the molecule is CCOC(=O)CCC(=O)N1CCC(C(=O)O)CC1C. The van der Waals surface area contributed by atoms with Gasteiger partial charge in [0.15, 0.2) is 0 Å². The number of piperidine rings is 1. The van der Waals surface area contributed by atoms with Crippen molar-refractivity contribution in [2.75, 3.05) is 13.2 Å². The fraction of sp³-hybridized carbons (Fsp3) is 0.769. The van der Waals surface area contributed by atoms with E-state index in [1.165, 1.54) is 0 Å². The van der Waals surface area contributed by atoms with Gasteiger partial charge in [0, 0.05) is 19.0 Å². The topological polar surface area (TPSA) is 83.9 Å². The summed E-state index contributed by atoms with van der Waals surface area (Å²) in [6, 6.07) is -0.0930. The number of carbonyl (C=O) groups excluding carboxylic acids is 2. The Morgan fingerprint density at radius 2 is 2.00 bits per heavy atom. The van der Waals surface area contributed by atoms with Gasteiger partial charge in [0.1, 0.15) is 0 Å². The molecule has 1 amide bonds. The standard InChI is InChI=1S/C13H21NO5/c1-3-19-12(16)5-4-11(15)14-7-6-10(13(17)18)8-9(14)2/h9-10H,3-8H2,1-2H3,(H,17,18). The number of likely N-dealkylation sites (tertiary alicyclic amines) is 1. The molecule has 0 aromatic carbocycles. The molecule has 0 saturated carbocycles. The lowest BCUT2D eigenvalue weighted by atomic mass is 9.91. The van der Waals surface area contributed by atoms with E-state index in [1.807, 2.05) is 6.92 Å². The molecule has 19 heavy (non-hydrogen) atoms. The van der Waals surface area contributed by atoms with E-state index in [-0.39, 0.29) is 36.7 Å². The van der Waals surface area contributed by atoms with Gasteiger partial charge in [0.05, 0.1) is 18.9 Å². The van der Waals surface area contributed by atoms with Gasteiger partial charge in [0.25, 0.3) is 0 Å². The van der Waals surface area contributed by atoms with Crippen molar-refractivity contribution in [1.82, 2.24) is 4.90 Å². The van der Waals surface area contributed by atoms with E-state index in [0.29, 0.717) is 26.0 Å². The van der Waals surface area contributed by atoms with Crippen LogP contribution in [0.25, 0.3) is 0 Å². The molecule has 6 heteroatoms. The fourth-order valence-corrected chi connectivity index (χ4v) is 2.35. The van der Waals surface area contributed by atoms with Gasteiger partial charge < -0.3 is 14.7 Å². The molecule has 0 aromatic rings. The summed E-state index contributed by atoms with van der Waals surface area (Å²) < 4.78 is 4.77. The summed E-state index contributed by atoms with van der Waals surface area (Å²) in [6.07, 6.45) is 1.16. The van der Waals surface area contributed by atoms with Crippen LogP contribution in [-0.4, -0.2) is 47.0 Å². The summed E-state index contributed by atoms with van der Waals surface area (Å²) in [4.78, 5) is 35.7. The highest BCUT2D eigenvalue weighted by atomic mass is 16.5. The first-order valence-corrected chi connectivity index (χ1v) is 6.63. The molecular weight excluding hydrogens is 250 g/mol. The number of rotatable bonds is 5. The molecule has 1 aliphatic heterocycles. The summed E-state index contributed by atoms with van der Waals surface area (Å²) in [7, 11) is 0. The van der Waals surface area contributed by atoms with Gasteiger partial charge in [-0.05, 0) is 26.7 Å². The van der Waals surface area contributed by atoms with Crippen molar-refractivity contribution in [2.24, 2.45) is 5.92 Å². The summed E-state index contributed by atoms with van der Waals surface area (Å²) in [5, 5.41) is 8.95. The minimum Gasteiger partial charge on any atom is -0.481 e. The monoisotopic (exact) mass is 271 g/mol. The molecule has 6 nitrogen and oxygen atoms in total. The zero-order valence-corrected chi connectivity index (χ0v) is 11.4. The Labute approximate surface area is 112 Å². The largest absolute Gasteiger partial charge is 0.481 e. The molecule has 1 N–H and O–H groups in total. The second-order valence-electron chi connectivity index (χ2n) is 4.80. The van der Waals surface area contributed by atoms with Crippen molar-refractivity contribution >= 4 is 17.8 Å². The Kier molecular flexibility index (Phi) is 5.79. The number of carboxylic acid groups (broad SMARTS) is 1. The molecule has 0 bridgehead atoms. The van der Waals surface area contributed by atoms with E-state index < -0.39 is 5.97 Å². The number of esters is 1. The van der Waals surface area contributed by atoms with Crippen LogP contribution in [0.3, 0.4) is 0 Å². The van der Waals surface area contributed by atoms with E-state index in [2.05, 4.69) is 0 Å². The number of aliphatic carboxylic acids is 1. The molecule has 0 radical (unpaired) electrons. The van der Waals surface area contributed by atoms with Gasteiger partial charge in [0.2, 0.25) is 5.91 Å². The summed E-state index contributed by atoms with van der Waals surface area (Å²) in [5.74, 6) is -1.65. The van der Waals surface area contributed by atoms with Crippen LogP contribution >= 0.6 is 0 Å². The predicted molar refractivity (Wildman–Crippen MR) is 67.4 cm³/mol. The van der Waals surface area contributed by atoms with E-state index in [4.69, 9.17) is 9.84 Å². The quantitative estimate of drug-likeness (QED) is 0.755. The Hall–Kier alpha value is -1.59. The number of nitrogens with zero attached hydrogens (tertiary/aromatic N) is 1. The maximum atomic E-state index is 12.0. The van der Waals surface area contributed by atoms with Crippen molar-refractivity contribution in [2.45, 2.75) is 45.6 Å². The second-order valence-corrected chi connectivity index (χ2v) is 4.80. The lowest BCUT2D eigenvalue weighted by molar-refractivity contribution is -0.149. The van der Waals surface area contributed by atoms with Crippen LogP contribution in [0.5, 0.6) is 0 Å². The van der Waals surface area contributed by atoms with Crippen molar-refractivity contribution in [3.63, 3.8) is 0 Å². The Balaban J connectivity index is 2.41. The van der Waals surface area contributed by atoms with Crippen LogP contribution < -0.4 is 0 Å². The van der Waals surface area contributed by atoms with E-state index in [9.17, 15) is 14.4 Å². The average Bonchev–Trinajstić information content (AvgIpc) is 2.36. The summed E-state index contributed by atoms with van der Waals surface area (Å²) >= 11 is 0. The van der Waals surface area contributed by atoms with Crippen LogP contribution in [0.1, 0.15) is 39.5 Å². The molecule has 1 saturated heterocycles. The molecule has 0 spiro atoms. The maximum absolute atomic E-state index is 12.0. The molecule has 0 aromatic heterocycles. The Bertz CT molecular complexity index is 355. The van der Waals surface area contributed by atoms with Crippen LogP contribution in [0.15, 0.2) is 0 Å². The van der Waals surface area contributed by atoms with Crippen molar-refractivity contribution in [3.8, 4) is 0 Å². The minimum absolute atomic E-state index is 0.0816. The molecule has 1 fully saturated rings. The average molecular weight is 271 g/mol. The molecule has 108 valence electrons. The van der Waals surface area contributed by atoms with Crippen LogP contribution in [0, 0.1) is 5.92 Å². The van der Waals surface area contributed by atoms with Gasteiger partial charge in [-0.3, -0.25) is 14.4 Å². The van der Waals surface area contributed by atoms with Gasteiger partial charge in [-0.2, -0.15) is 0 Å². The number of hydrogen-bond acceptors (Lipinski definition) is 4. The second kappa shape index (κ2) is 7.11. The molecule has 1 aliphatic rings. The Morgan fingerprint density at radius 1 is 1.32 bits per heavy atom. The summed E-state index contributed by atoms with van der Waals surface area (Å²) in [5.41, 5.74) is 0. The third-order valence-electron chi connectivity index (χ3n) is 3.39. The van der Waals surface area contributed by atoms with Crippen LogP contribution in [0.4, 0.5) is 0 Å². The zero-order chi connectivity index (χ0) is 14.4. The highest BCUT2D eigenvalue weighted by Gasteiger charge is 2.32. The van der Waals surface area contributed by atoms with Crippen molar-refractivity contribution in [1.29, 1.82) is 0 Å². The number of amides is 1. The molecule has 2 atom stereocenters. The normalized spacial score (nSPS) is 22.9.